The van der Waals surface area contributed by atoms with E-state index in [9.17, 15) is 24.5 Å². The number of esters is 1. The van der Waals surface area contributed by atoms with Crippen molar-refractivity contribution in [2.45, 2.75) is 45.3 Å². The third kappa shape index (κ3) is 7.69. The average Bonchev–Trinajstić information content (AvgIpc) is 2.82. The normalized spacial score (nSPS) is 14.0. The second kappa shape index (κ2) is 11.5. The number of amides is 2. The summed E-state index contributed by atoms with van der Waals surface area (Å²) in [6.07, 6.45) is 0.364. The molecule has 36 heavy (non-hydrogen) atoms. The van der Waals surface area contributed by atoms with Gasteiger partial charge in [-0.15, -0.1) is 0 Å². The molecule has 2 amide bonds. The lowest BCUT2D eigenvalue weighted by Crippen LogP contribution is -2.43. The highest BCUT2D eigenvalue weighted by atomic mass is 16.6. The van der Waals surface area contributed by atoms with Gasteiger partial charge >= 0.3 is 12.1 Å². The number of likely N-dealkylation sites (tertiary alicyclic amines) is 1. The van der Waals surface area contributed by atoms with Crippen molar-refractivity contribution < 1.29 is 28.8 Å². The van der Waals surface area contributed by atoms with Gasteiger partial charge in [0.2, 0.25) is 5.91 Å². The van der Waals surface area contributed by atoms with Crippen LogP contribution in [0, 0.1) is 10.1 Å². The molecule has 0 unspecified atom stereocenters. The summed E-state index contributed by atoms with van der Waals surface area (Å²) in [7, 11) is 0. The summed E-state index contributed by atoms with van der Waals surface area (Å²) in [6.45, 7) is 6.15. The third-order valence-corrected chi connectivity index (χ3v) is 5.31. The molecule has 0 aliphatic carbocycles. The molecule has 0 atom stereocenters. The highest BCUT2D eigenvalue weighted by Crippen LogP contribution is 2.23. The molecule has 11 heteroatoms. The highest BCUT2D eigenvalue weighted by molar-refractivity contribution is 5.95. The summed E-state index contributed by atoms with van der Waals surface area (Å²) < 4.78 is 10.9. The SMILES string of the molecule is CC(C)(C)OC(=O)N1CCC(OC(=O)c2ccc(NC(=O)CNc3ccccc3[N+](=O)[O-])cc2)CC1. The van der Waals surface area contributed by atoms with Gasteiger partial charge in [-0.3, -0.25) is 14.9 Å². The number of carbonyl (C=O) groups excluding carboxylic acids is 3. The number of piperidine rings is 1. The van der Waals surface area contributed by atoms with Crippen molar-refractivity contribution in [1.29, 1.82) is 0 Å². The van der Waals surface area contributed by atoms with E-state index in [0.29, 0.717) is 37.2 Å². The molecule has 0 spiro atoms. The smallest absolute Gasteiger partial charge is 0.410 e. The Kier molecular flexibility index (Phi) is 8.46. The maximum absolute atomic E-state index is 12.5. The minimum atomic E-state index is -0.564. The first-order chi connectivity index (χ1) is 17.0. The lowest BCUT2D eigenvalue weighted by Gasteiger charge is -2.33. The van der Waals surface area contributed by atoms with Crippen LogP contribution in [0.25, 0.3) is 0 Å². The number of nitro benzene ring substituents is 1. The van der Waals surface area contributed by atoms with E-state index in [0.717, 1.165) is 0 Å². The number of nitrogens with one attached hydrogen (secondary N) is 2. The minimum Gasteiger partial charge on any atom is -0.459 e. The molecule has 192 valence electrons. The van der Waals surface area contributed by atoms with Gasteiger partial charge in [0.05, 0.1) is 17.0 Å². The molecule has 3 rings (SSSR count). The molecule has 1 fully saturated rings. The molecular weight excluding hydrogens is 468 g/mol. The molecule has 2 N–H and O–H groups in total. The fourth-order valence-corrected chi connectivity index (χ4v) is 3.55. The van der Waals surface area contributed by atoms with Crippen LogP contribution in [0.2, 0.25) is 0 Å². The summed E-state index contributed by atoms with van der Waals surface area (Å²) in [5.41, 5.74) is 0.356. The molecule has 0 aromatic heterocycles. The van der Waals surface area contributed by atoms with Crippen LogP contribution in [0.5, 0.6) is 0 Å². The largest absolute Gasteiger partial charge is 0.459 e. The second-order valence-electron chi connectivity index (χ2n) is 9.33. The number of ether oxygens (including phenoxy) is 2. The van der Waals surface area contributed by atoms with Crippen LogP contribution in [0.4, 0.5) is 21.9 Å². The maximum atomic E-state index is 12.5. The predicted molar refractivity (Wildman–Crippen MR) is 133 cm³/mol. The standard InChI is InChI=1S/C25H30N4O7/c1-25(2,3)36-24(32)28-14-12-19(13-15-28)35-23(31)17-8-10-18(11-9-17)27-22(30)16-26-20-6-4-5-7-21(20)29(33)34/h4-11,19,26H,12-16H2,1-3H3,(H,27,30). The number of para-hydroxylation sites is 2. The van der Waals surface area contributed by atoms with Crippen molar-refractivity contribution in [3.63, 3.8) is 0 Å². The Bertz CT molecular complexity index is 1100. The van der Waals surface area contributed by atoms with E-state index in [-0.39, 0.29) is 30.1 Å². The van der Waals surface area contributed by atoms with Gasteiger partial charge in [0.1, 0.15) is 17.4 Å². The number of carbonyl (C=O) groups is 3. The number of nitro groups is 1. The first-order valence-electron chi connectivity index (χ1n) is 11.6. The summed E-state index contributed by atoms with van der Waals surface area (Å²) in [5.74, 6) is -0.887. The topological polar surface area (TPSA) is 140 Å². The van der Waals surface area contributed by atoms with E-state index >= 15 is 0 Å². The van der Waals surface area contributed by atoms with Gasteiger partial charge in [0.25, 0.3) is 5.69 Å². The minimum absolute atomic E-state index is 0.122. The zero-order valence-corrected chi connectivity index (χ0v) is 20.5. The molecule has 2 aromatic carbocycles. The van der Waals surface area contributed by atoms with E-state index in [1.54, 1.807) is 41.3 Å². The van der Waals surface area contributed by atoms with Crippen LogP contribution in [0.1, 0.15) is 44.0 Å². The number of nitrogens with zero attached hydrogens (tertiary/aromatic N) is 2. The zero-order chi connectivity index (χ0) is 26.3. The number of rotatable bonds is 7. The summed E-state index contributed by atoms with van der Waals surface area (Å²) >= 11 is 0. The fraction of sp³-hybridized carbons (Fsp3) is 0.400. The summed E-state index contributed by atoms with van der Waals surface area (Å²) in [5, 5.41) is 16.5. The van der Waals surface area contributed by atoms with Crippen LogP contribution < -0.4 is 10.6 Å². The van der Waals surface area contributed by atoms with Crippen LogP contribution >= 0.6 is 0 Å². The Morgan fingerprint density at radius 3 is 2.31 bits per heavy atom. The van der Waals surface area contributed by atoms with Gasteiger partial charge in [-0.05, 0) is 51.1 Å². The fourth-order valence-electron chi connectivity index (χ4n) is 3.55. The molecular formula is C25H30N4O7. The Morgan fingerprint density at radius 2 is 1.69 bits per heavy atom. The monoisotopic (exact) mass is 498 g/mol. The molecule has 1 saturated heterocycles. The van der Waals surface area contributed by atoms with Crippen molar-refractivity contribution in [2.24, 2.45) is 0 Å². The van der Waals surface area contributed by atoms with E-state index in [1.165, 1.54) is 12.1 Å². The van der Waals surface area contributed by atoms with Gasteiger partial charge in [0, 0.05) is 37.7 Å². The Labute approximate surface area is 208 Å². The summed E-state index contributed by atoms with van der Waals surface area (Å²) in [4.78, 5) is 49.1. The molecule has 0 saturated carbocycles. The van der Waals surface area contributed by atoms with Gasteiger partial charge in [-0.2, -0.15) is 0 Å². The zero-order valence-electron chi connectivity index (χ0n) is 20.5. The second-order valence-corrected chi connectivity index (χ2v) is 9.33. The first-order valence-corrected chi connectivity index (χ1v) is 11.6. The quantitative estimate of drug-likeness (QED) is 0.329. The van der Waals surface area contributed by atoms with Crippen molar-refractivity contribution >= 4 is 35.0 Å². The van der Waals surface area contributed by atoms with E-state index in [1.807, 2.05) is 20.8 Å². The van der Waals surface area contributed by atoms with Crippen LogP contribution in [-0.4, -0.2) is 59.1 Å². The third-order valence-electron chi connectivity index (χ3n) is 5.31. The molecule has 2 aromatic rings. The van der Waals surface area contributed by atoms with Crippen molar-refractivity contribution in [3.8, 4) is 0 Å². The number of hydrogen-bond donors (Lipinski definition) is 2. The van der Waals surface area contributed by atoms with E-state index in [4.69, 9.17) is 9.47 Å². The molecule has 0 radical (unpaired) electrons. The van der Waals surface area contributed by atoms with Gasteiger partial charge < -0.3 is 25.0 Å². The lowest BCUT2D eigenvalue weighted by atomic mass is 10.1. The Balaban J connectivity index is 1.45. The molecule has 0 bridgehead atoms. The maximum Gasteiger partial charge on any atom is 0.410 e. The Morgan fingerprint density at radius 1 is 1.06 bits per heavy atom. The molecule has 1 aliphatic rings. The van der Waals surface area contributed by atoms with Gasteiger partial charge in [0.15, 0.2) is 0 Å². The van der Waals surface area contributed by atoms with E-state index < -0.39 is 22.4 Å². The Hall–Kier alpha value is -4.15. The molecule has 1 heterocycles. The van der Waals surface area contributed by atoms with Crippen molar-refractivity contribution in [2.75, 3.05) is 30.3 Å². The number of hydrogen-bond acceptors (Lipinski definition) is 8. The number of anilines is 2. The molecule has 11 nitrogen and oxygen atoms in total. The average molecular weight is 499 g/mol. The molecule has 1 aliphatic heterocycles. The van der Waals surface area contributed by atoms with Crippen molar-refractivity contribution in [3.05, 3.63) is 64.2 Å². The highest BCUT2D eigenvalue weighted by Gasteiger charge is 2.28. The first kappa shape index (κ1) is 26.5. The lowest BCUT2D eigenvalue weighted by molar-refractivity contribution is -0.383. The van der Waals surface area contributed by atoms with Crippen LogP contribution in [0.3, 0.4) is 0 Å². The van der Waals surface area contributed by atoms with Gasteiger partial charge in [-0.25, -0.2) is 9.59 Å². The van der Waals surface area contributed by atoms with Crippen molar-refractivity contribution in [1.82, 2.24) is 4.90 Å². The van der Waals surface area contributed by atoms with Crippen LogP contribution in [-0.2, 0) is 14.3 Å². The number of benzene rings is 2. The van der Waals surface area contributed by atoms with E-state index in [2.05, 4.69) is 10.6 Å². The van der Waals surface area contributed by atoms with Crippen LogP contribution in [0.15, 0.2) is 48.5 Å². The van der Waals surface area contributed by atoms with Gasteiger partial charge in [-0.1, -0.05) is 12.1 Å². The summed E-state index contributed by atoms with van der Waals surface area (Å²) in [6, 6.07) is 12.3. The predicted octanol–water partition coefficient (Wildman–Crippen LogP) is 4.20.